The van der Waals surface area contributed by atoms with Crippen molar-refractivity contribution in [1.29, 1.82) is 0 Å². The third-order valence-corrected chi connectivity index (χ3v) is 6.35. The van der Waals surface area contributed by atoms with E-state index in [1.807, 2.05) is 42.5 Å². The molecule has 0 saturated carbocycles. The third-order valence-electron chi connectivity index (χ3n) is 6.35. The molecule has 0 aromatic heterocycles. The molecule has 4 aromatic carbocycles. The summed E-state index contributed by atoms with van der Waals surface area (Å²) in [7, 11) is 0. The number of carboxylic acids is 1. The Balaban J connectivity index is 1.37. The molecule has 34 heavy (non-hydrogen) atoms. The maximum atomic E-state index is 13.0. The summed E-state index contributed by atoms with van der Waals surface area (Å²) in [5.41, 5.74) is 13.3. The molecule has 0 heterocycles. The van der Waals surface area contributed by atoms with Gasteiger partial charge in [-0.3, -0.25) is 0 Å². The number of carboxylic acid groups (broad SMARTS) is 1. The van der Waals surface area contributed by atoms with E-state index < -0.39 is 18.0 Å². The second kappa shape index (κ2) is 8.96. The maximum Gasteiger partial charge on any atom is 0.335 e. The number of hydrogen-bond acceptors (Lipinski definition) is 4. The van der Waals surface area contributed by atoms with Gasteiger partial charge in [-0.2, -0.15) is 0 Å². The van der Waals surface area contributed by atoms with Crippen LogP contribution in [0.4, 0.5) is 0 Å². The van der Waals surface area contributed by atoms with Crippen LogP contribution in [-0.2, 0) is 9.53 Å². The molecular formula is C29H23NO4. The monoisotopic (exact) mass is 449 g/mol. The third kappa shape index (κ3) is 3.87. The number of rotatable bonds is 6. The highest BCUT2D eigenvalue weighted by Crippen LogP contribution is 2.44. The van der Waals surface area contributed by atoms with E-state index in [2.05, 4.69) is 24.3 Å². The average Bonchev–Trinajstić information content (AvgIpc) is 3.20. The smallest absolute Gasteiger partial charge is 0.335 e. The molecule has 0 bridgehead atoms. The molecule has 5 heteroatoms. The summed E-state index contributed by atoms with van der Waals surface area (Å²) in [5.74, 6) is -1.53. The maximum absolute atomic E-state index is 13.0. The van der Waals surface area contributed by atoms with Crippen molar-refractivity contribution in [2.75, 3.05) is 6.61 Å². The highest BCUT2D eigenvalue weighted by Gasteiger charge is 2.30. The molecular weight excluding hydrogens is 426 g/mol. The van der Waals surface area contributed by atoms with Crippen molar-refractivity contribution >= 4 is 11.9 Å². The van der Waals surface area contributed by atoms with Crippen LogP contribution in [0.3, 0.4) is 0 Å². The van der Waals surface area contributed by atoms with Crippen LogP contribution in [0.25, 0.3) is 22.3 Å². The average molecular weight is 450 g/mol. The summed E-state index contributed by atoms with van der Waals surface area (Å²) in [6, 6.07) is 29.2. The van der Waals surface area contributed by atoms with Gasteiger partial charge < -0.3 is 15.6 Å². The van der Waals surface area contributed by atoms with Crippen molar-refractivity contribution in [3.8, 4) is 22.3 Å². The minimum Gasteiger partial charge on any atom is -0.478 e. The van der Waals surface area contributed by atoms with Crippen LogP contribution in [0, 0.1) is 0 Å². The number of esters is 1. The van der Waals surface area contributed by atoms with E-state index in [1.165, 1.54) is 23.3 Å². The Hall–Kier alpha value is -4.22. The molecule has 0 fully saturated rings. The summed E-state index contributed by atoms with van der Waals surface area (Å²) < 4.78 is 5.76. The molecule has 0 amide bonds. The second-order valence-corrected chi connectivity index (χ2v) is 8.30. The summed E-state index contributed by atoms with van der Waals surface area (Å²) >= 11 is 0. The summed E-state index contributed by atoms with van der Waals surface area (Å²) in [5, 5.41) is 9.15. The lowest BCUT2D eigenvalue weighted by molar-refractivity contribution is -0.145. The first-order valence-electron chi connectivity index (χ1n) is 11.1. The fourth-order valence-electron chi connectivity index (χ4n) is 4.65. The number of carbonyl (C=O) groups is 2. The van der Waals surface area contributed by atoms with E-state index in [4.69, 9.17) is 15.6 Å². The Morgan fingerprint density at radius 2 is 1.29 bits per heavy atom. The number of ether oxygens (including phenoxy) is 1. The van der Waals surface area contributed by atoms with Gasteiger partial charge in [-0.05, 0) is 51.1 Å². The van der Waals surface area contributed by atoms with Gasteiger partial charge in [-0.1, -0.05) is 84.9 Å². The van der Waals surface area contributed by atoms with Crippen LogP contribution in [0.1, 0.15) is 39.0 Å². The molecule has 1 aliphatic rings. The van der Waals surface area contributed by atoms with Gasteiger partial charge in [0.15, 0.2) is 0 Å². The zero-order valence-corrected chi connectivity index (χ0v) is 18.3. The first-order valence-corrected chi connectivity index (χ1v) is 11.1. The highest BCUT2D eigenvalue weighted by atomic mass is 16.5. The zero-order chi connectivity index (χ0) is 23.7. The summed E-state index contributed by atoms with van der Waals surface area (Å²) in [6.07, 6.45) is 0. The van der Waals surface area contributed by atoms with Gasteiger partial charge in [-0.15, -0.1) is 0 Å². The number of benzene rings is 4. The molecule has 0 saturated heterocycles. The highest BCUT2D eigenvalue weighted by molar-refractivity contribution is 5.89. The molecule has 5 nitrogen and oxygen atoms in total. The molecule has 0 spiro atoms. The number of carbonyl (C=O) groups excluding carboxylic acids is 1. The van der Waals surface area contributed by atoms with Gasteiger partial charge in [0.25, 0.3) is 0 Å². The van der Waals surface area contributed by atoms with E-state index in [-0.39, 0.29) is 18.1 Å². The standard InChI is InChI=1S/C29H23NO4/c30-27(25-12-6-1-7-20(25)18-13-15-19(16-14-18)28(31)32)29(33)34-17-26-23-10-4-2-8-21(23)22-9-3-5-11-24(22)26/h1-16,26-27H,17,30H2,(H,31,32). The van der Waals surface area contributed by atoms with Crippen molar-refractivity contribution in [2.24, 2.45) is 5.73 Å². The molecule has 168 valence electrons. The fraction of sp³-hybridized carbons (Fsp3) is 0.103. The molecule has 1 unspecified atom stereocenters. The number of nitrogens with two attached hydrogens (primary N) is 1. The summed E-state index contributed by atoms with van der Waals surface area (Å²) in [6.45, 7) is 0.204. The number of hydrogen-bond donors (Lipinski definition) is 2. The van der Waals surface area contributed by atoms with Crippen LogP contribution in [0.5, 0.6) is 0 Å². The molecule has 0 radical (unpaired) electrons. The Morgan fingerprint density at radius 3 is 1.88 bits per heavy atom. The summed E-state index contributed by atoms with van der Waals surface area (Å²) in [4.78, 5) is 24.2. The van der Waals surface area contributed by atoms with Crippen LogP contribution in [-0.4, -0.2) is 23.7 Å². The van der Waals surface area contributed by atoms with Crippen molar-refractivity contribution in [3.05, 3.63) is 119 Å². The first kappa shape index (κ1) is 21.6. The van der Waals surface area contributed by atoms with Gasteiger partial charge in [0, 0.05) is 5.92 Å². The molecule has 1 aliphatic carbocycles. The van der Waals surface area contributed by atoms with Gasteiger partial charge in [0.05, 0.1) is 5.56 Å². The Kier molecular flexibility index (Phi) is 5.70. The van der Waals surface area contributed by atoms with Crippen molar-refractivity contribution in [3.63, 3.8) is 0 Å². The number of fused-ring (bicyclic) bond motifs is 3. The van der Waals surface area contributed by atoms with E-state index in [0.29, 0.717) is 5.56 Å². The van der Waals surface area contributed by atoms with Crippen molar-refractivity contribution in [2.45, 2.75) is 12.0 Å². The van der Waals surface area contributed by atoms with E-state index >= 15 is 0 Å². The number of aromatic carboxylic acids is 1. The SMILES string of the molecule is NC(C(=O)OCC1c2ccccc2-c2ccccc21)c1ccccc1-c1ccc(C(=O)O)cc1. The lowest BCUT2D eigenvalue weighted by Gasteiger charge is -2.19. The topological polar surface area (TPSA) is 89.6 Å². The predicted octanol–water partition coefficient (Wildman–Crippen LogP) is 5.41. The largest absolute Gasteiger partial charge is 0.478 e. The van der Waals surface area contributed by atoms with Crippen LogP contribution >= 0.6 is 0 Å². The van der Waals surface area contributed by atoms with Gasteiger partial charge in [0.1, 0.15) is 12.6 Å². The predicted molar refractivity (Wildman–Crippen MR) is 130 cm³/mol. The minimum atomic E-state index is -0.991. The van der Waals surface area contributed by atoms with Crippen molar-refractivity contribution in [1.82, 2.24) is 0 Å². The first-order chi connectivity index (χ1) is 16.5. The second-order valence-electron chi connectivity index (χ2n) is 8.30. The fourth-order valence-corrected chi connectivity index (χ4v) is 4.65. The quantitative estimate of drug-likeness (QED) is 0.384. The minimum absolute atomic E-state index is 0.0395. The van der Waals surface area contributed by atoms with E-state index in [0.717, 1.165) is 22.3 Å². The molecule has 0 aliphatic heterocycles. The molecule has 1 atom stereocenters. The van der Waals surface area contributed by atoms with Crippen LogP contribution in [0.2, 0.25) is 0 Å². The Bertz CT molecular complexity index is 1330. The van der Waals surface area contributed by atoms with Gasteiger partial charge in [-0.25, -0.2) is 9.59 Å². The molecule has 3 N–H and O–H groups in total. The lowest BCUT2D eigenvalue weighted by atomic mass is 9.94. The van der Waals surface area contributed by atoms with Crippen LogP contribution in [0.15, 0.2) is 97.1 Å². The van der Waals surface area contributed by atoms with Gasteiger partial charge in [0.2, 0.25) is 0 Å². The normalized spacial score (nSPS) is 13.1. The zero-order valence-electron chi connectivity index (χ0n) is 18.3. The van der Waals surface area contributed by atoms with Crippen LogP contribution < -0.4 is 5.73 Å². The van der Waals surface area contributed by atoms with Crippen molar-refractivity contribution < 1.29 is 19.4 Å². The Morgan fingerprint density at radius 1 is 0.765 bits per heavy atom. The van der Waals surface area contributed by atoms with E-state index in [1.54, 1.807) is 18.2 Å². The van der Waals surface area contributed by atoms with Gasteiger partial charge >= 0.3 is 11.9 Å². The lowest BCUT2D eigenvalue weighted by Crippen LogP contribution is -2.26. The molecule has 5 rings (SSSR count). The molecule has 4 aromatic rings. The van der Waals surface area contributed by atoms with E-state index in [9.17, 15) is 9.59 Å². The Labute approximate surface area is 197 Å².